The number of esters is 1. The number of likely N-dealkylation sites (N-methyl/N-ethyl adjacent to an activating group) is 1. The molecule has 0 radical (unpaired) electrons. The molecule has 1 aliphatic heterocycles. The van der Waals surface area contributed by atoms with Gasteiger partial charge in [-0.3, -0.25) is 14.5 Å². The second kappa shape index (κ2) is 6.37. The SMILES string of the molecule is CCN(C)C(=O)CN1CCC[C@H]1C(=O)OC(C)(C)C. The molecule has 0 spiro atoms. The minimum Gasteiger partial charge on any atom is -0.459 e. The van der Waals surface area contributed by atoms with Gasteiger partial charge in [0, 0.05) is 13.6 Å². The maximum atomic E-state index is 12.1. The van der Waals surface area contributed by atoms with E-state index in [-0.39, 0.29) is 17.9 Å². The van der Waals surface area contributed by atoms with Crippen molar-refractivity contribution in [2.45, 2.75) is 52.2 Å². The summed E-state index contributed by atoms with van der Waals surface area (Å²) < 4.78 is 5.41. The smallest absolute Gasteiger partial charge is 0.323 e. The second-order valence-corrected chi connectivity index (χ2v) is 6.07. The van der Waals surface area contributed by atoms with Gasteiger partial charge in [-0.05, 0) is 47.1 Å². The molecule has 0 unspecified atom stereocenters. The van der Waals surface area contributed by atoms with Crippen LogP contribution >= 0.6 is 0 Å². The highest BCUT2D eigenvalue weighted by Gasteiger charge is 2.35. The summed E-state index contributed by atoms with van der Waals surface area (Å²) in [5.74, 6) is -0.157. The van der Waals surface area contributed by atoms with Gasteiger partial charge >= 0.3 is 5.97 Å². The van der Waals surface area contributed by atoms with Crippen molar-refractivity contribution in [1.29, 1.82) is 0 Å². The minimum atomic E-state index is -0.477. The largest absolute Gasteiger partial charge is 0.459 e. The maximum absolute atomic E-state index is 12.1. The monoisotopic (exact) mass is 270 g/mol. The molecular formula is C14H26N2O3. The quantitative estimate of drug-likeness (QED) is 0.722. The normalized spacial score (nSPS) is 20.4. The lowest BCUT2D eigenvalue weighted by atomic mass is 10.1. The molecule has 1 amide bonds. The Labute approximate surface area is 115 Å². The van der Waals surface area contributed by atoms with Crippen molar-refractivity contribution in [3.8, 4) is 0 Å². The van der Waals surface area contributed by atoms with E-state index in [2.05, 4.69) is 0 Å². The van der Waals surface area contributed by atoms with Crippen molar-refractivity contribution in [1.82, 2.24) is 9.80 Å². The molecule has 5 nitrogen and oxygen atoms in total. The van der Waals surface area contributed by atoms with Crippen LogP contribution in [0.2, 0.25) is 0 Å². The van der Waals surface area contributed by atoms with Crippen LogP contribution in [0.25, 0.3) is 0 Å². The molecular weight excluding hydrogens is 244 g/mol. The third-order valence-electron chi connectivity index (χ3n) is 3.28. The number of ether oxygens (including phenoxy) is 1. The van der Waals surface area contributed by atoms with E-state index in [1.54, 1.807) is 11.9 Å². The van der Waals surface area contributed by atoms with Gasteiger partial charge in [-0.2, -0.15) is 0 Å². The lowest BCUT2D eigenvalue weighted by Crippen LogP contribution is -2.45. The lowest BCUT2D eigenvalue weighted by Gasteiger charge is -2.28. The summed E-state index contributed by atoms with van der Waals surface area (Å²) in [6, 6.07) is -0.270. The molecule has 110 valence electrons. The summed E-state index contributed by atoms with van der Waals surface area (Å²) in [5.41, 5.74) is -0.477. The number of likely N-dealkylation sites (tertiary alicyclic amines) is 1. The number of amides is 1. The van der Waals surface area contributed by atoms with E-state index < -0.39 is 5.60 Å². The van der Waals surface area contributed by atoms with E-state index in [1.807, 2.05) is 32.6 Å². The fraction of sp³-hybridized carbons (Fsp3) is 0.857. The predicted molar refractivity (Wildman–Crippen MR) is 73.8 cm³/mol. The second-order valence-electron chi connectivity index (χ2n) is 6.07. The summed E-state index contributed by atoms with van der Waals surface area (Å²) in [4.78, 5) is 27.6. The molecule has 0 N–H and O–H groups in total. The molecule has 19 heavy (non-hydrogen) atoms. The summed E-state index contributed by atoms with van der Waals surface area (Å²) >= 11 is 0. The Bertz CT molecular complexity index is 336. The molecule has 0 saturated carbocycles. The van der Waals surface area contributed by atoms with Gasteiger partial charge in [0.2, 0.25) is 5.91 Å². The summed E-state index contributed by atoms with van der Waals surface area (Å²) in [6.07, 6.45) is 1.71. The third kappa shape index (κ3) is 4.82. The Kier molecular flexibility index (Phi) is 5.35. The van der Waals surface area contributed by atoms with Gasteiger partial charge in [-0.1, -0.05) is 0 Å². The van der Waals surface area contributed by atoms with Gasteiger partial charge < -0.3 is 9.64 Å². The number of hydrogen-bond donors (Lipinski definition) is 0. The van der Waals surface area contributed by atoms with E-state index in [0.717, 1.165) is 19.4 Å². The molecule has 5 heteroatoms. The highest BCUT2D eigenvalue weighted by Crippen LogP contribution is 2.20. The summed E-state index contributed by atoms with van der Waals surface area (Å²) in [7, 11) is 1.78. The Balaban J connectivity index is 2.59. The van der Waals surface area contributed by atoms with Crippen LogP contribution in [0.15, 0.2) is 0 Å². The standard InChI is InChI=1S/C14H26N2O3/c1-6-15(5)12(17)10-16-9-7-8-11(16)13(18)19-14(2,3)4/h11H,6-10H2,1-5H3/t11-/m0/s1. The summed E-state index contributed by atoms with van der Waals surface area (Å²) in [5, 5.41) is 0. The molecule has 1 aliphatic rings. The summed E-state index contributed by atoms with van der Waals surface area (Å²) in [6.45, 7) is 9.29. The number of carbonyl (C=O) groups excluding carboxylic acids is 2. The van der Waals surface area contributed by atoms with Gasteiger partial charge in [-0.25, -0.2) is 0 Å². The molecule has 0 bridgehead atoms. The number of rotatable bonds is 4. The molecule has 1 saturated heterocycles. The molecule has 0 aromatic heterocycles. The Hall–Kier alpha value is -1.10. The van der Waals surface area contributed by atoms with Crippen LogP contribution in [0.4, 0.5) is 0 Å². The average molecular weight is 270 g/mol. The zero-order valence-corrected chi connectivity index (χ0v) is 12.7. The van der Waals surface area contributed by atoms with Gasteiger partial charge in [0.05, 0.1) is 6.54 Å². The van der Waals surface area contributed by atoms with Crippen LogP contribution in [0, 0.1) is 0 Å². The van der Waals surface area contributed by atoms with Crippen molar-refractivity contribution in [2.24, 2.45) is 0 Å². The molecule has 1 heterocycles. The van der Waals surface area contributed by atoms with Gasteiger partial charge in [0.25, 0.3) is 0 Å². The molecule has 1 atom stereocenters. The molecule has 0 aliphatic carbocycles. The van der Waals surface area contributed by atoms with E-state index >= 15 is 0 Å². The van der Waals surface area contributed by atoms with Crippen molar-refractivity contribution < 1.29 is 14.3 Å². The van der Waals surface area contributed by atoms with E-state index in [9.17, 15) is 9.59 Å². The number of carbonyl (C=O) groups is 2. The maximum Gasteiger partial charge on any atom is 0.323 e. The first-order chi connectivity index (χ1) is 8.74. The van der Waals surface area contributed by atoms with E-state index in [4.69, 9.17) is 4.74 Å². The zero-order valence-electron chi connectivity index (χ0n) is 12.7. The Morgan fingerprint density at radius 1 is 1.37 bits per heavy atom. The molecule has 1 rings (SSSR count). The van der Waals surface area contributed by atoms with Crippen LogP contribution in [-0.4, -0.2) is 60.0 Å². The van der Waals surface area contributed by atoms with Crippen molar-refractivity contribution in [3.63, 3.8) is 0 Å². The van der Waals surface area contributed by atoms with E-state index in [1.165, 1.54) is 0 Å². The number of hydrogen-bond acceptors (Lipinski definition) is 4. The van der Waals surface area contributed by atoms with Gasteiger partial charge in [-0.15, -0.1) is 0 Å². The topological polar surface area (TPSA) is 49.9 Å². The van der Waals surface area contributed by atoms with Crippen LogP contribution in [0.3, 0.4) is 0 Å². The highest BCUT2D eigenvalue weighted by atomic mass is 16.6. The Morgan fingerprint density at radius 3 is 2.53 bits per heavy atom. The molecule has 0 aromatic carbocycles. The van der Waals surface area contributed by atoms with Gasteiger partial charge in [0.15, 0.2) is 0 Å². The first kappa shape index (κ1) is 16.0. The molecule has 0 aromatic rings. The first-order valence-electron chi connectivity index (χ1n) is 6.95. The van der Waals surface area contributed by atoms with Crippen LogP contribution < -0.4 is 0 Å². The van der Waals surface area contributed by atoms with Crippen LogP contribution in [0.5, 0.6) is 0 Å². The number of nitrogens with zero attached hydrogens (tertiary/aromatic N) is 2. The van der Waals surface area contributed by atoms with Crippen LogP contribution in [0.1, 0.15) is 40.5 Å². The third-order valence-corrected chi connectivity index (χ3v) is 3.28. The molecule has 1 fully saturated rings. The first-order valence-corrected chi connectivity index (χ1v) is 6.95. The highest BCUT2D eigenvalue weighted by molar-refractivity contribution is 5.81. The fourth-order valence-corrected chi connectivity index (χ4v) is 2.12. The van der Waals surface area contributed by atoms with Crippen molar-refractivity contribution in [3.05, 3.63) is 0 Å². The zero-order chi connectivity index (χ0) is 14.6. The van der Waals surface area contributed by atoms with E-state index in [0.29, 0.717) is 13.1 Å². The van der Waals surface area contributed by atoms with Crippen LogP contribution in [-0.2, 0) is 14.3 Å². The Morgan fingerprint density at radius 2 is 2.00 bits per heavy atom. The predicted octanol–water partition coefficient (Wildman–Crippen LogP) is 1.27. The lowest BCUT2D eigenvalue weighted by molar-refractivity contribution is -0.160. The van der Waals surface area contributed by atoms with Gasteiger partial charge in [0.1, 0.15) is 11.6 Å². The minimum absolute atomic E-state index is 0.0537. The fourth-order valence-electron chi connectivity index (χ4n) is 2.12. The van der Waals surface area contributed by atoms with Crippen molar-refractivity contribution in [2.75, 3.05) is 26.7 Å². The average Bonchev–Trinajstić information content (AvgIpc) is 2.73. The van der Waals surface area contributed by atoms with Crippen molar-refractivity contribution >= 4 is 11.9 Å².